The third-order valence-corrected chi connectivity index (χ3v) is 3.99. The summed E-state index contributed by atoms with van der Waals surface area (Å²) in [6, 6.07) is 7.26. The zero-order valence-corrected chi connectivity index (χ0v) is 12.1. The van der Waals surface area contributed by atoms with Crippen LogP contribution in [0.4, 0.5) is 0 Å². The molecular weight excluding hydrogens is 290 g/mol. The lowest BCUT2D eigenvalue weighted by Gasteiger charge is -2.16. The number of pyridine rings is 1. The smallest absolute Gasteiger partial charge is 0.337 e. The molecule has 1 N–H and O–H groups in total. The molecule has 1 aliphatic carbocycles. The van der Waals surface area contributed by atoms with Gasteiger partial charge < -0.3 is 9.84 Å². The van der Waals surface area contributed by atoms with Crippen molar-refractivity contribution >= 4 is 17.6 Å². The topological polar surface area (TPSA) is 59.4 Å². The van der Waals surface area contributed by atoms with Crippen LogP contribution in [0.2, 0.25) is 5.02 Å². The molecule has 4 nitrogen and oxygen atoms in total. The minimum atomic E-state index is -1.10. The quantitative estimate of drug-likeness (QED) is 0.927. The molecular formula is C16H14ClNO3. The number of rotatable bonds is 3. The molecule has 1 aromatic heterocycles. The fourth-order valence-corrected chi connectivity index (χ4v) is 2.78. The second kappa shape index (κ2) is 5.74. The van der Waals surface area contributed by atoms with Gasteiger partial charge in [0.25, 0.3) is 0 Å². The number of aryl methyl sites for hydroxylation is 2. The predicted molar refractivity (Wildman–Crippen MR) is 79.4 cm³/mol. The van der Waals surface area contributed by atoms with Crippen LogP contribution in [-0.4, -0.2) is 16.1 Å². The van der Waals surface area contributed by atoms with Gasteiger partial charge in [-0.05, 0) is 55.0 Å². The first kappa shape index (κ1) is 13.9. The molecule has 3 rings (SSSR count). The Bertz CT molecular complexity index is 700. The van der Waals surface area contributed by atoms with E-state index < -0.39 is 5.97 Å². The molecule has 5 heteroatoms. The van der Waals surface area contributed by atoms with Crippen LogP contribution in [0.1, 0.15) is 34.3 Å². The van der Waals surface area contributed by atoms with E-state index in [0.717, 1.165) is 12.8 Å². The predicted octanol–water partition coefficient (Wildman–Crippen LogP) is 4.10. The molecule has 21 heavy (non-hydrogen) atoms. The van der Waals surface area contributed by atoms with Gasteiger partial charge in [-0.2, -0.15) is 0 Å². The van der Waals surface area contributed by atoms with E-state index in [1.54, 1.807) is 0 Å². The van der Waals surface area contributed by atoms with Crippen LogP contribution in [0.15, 0.2) is 30.5 Å². The number of nitrogens with zero attached hydrogens (tertiary/aromatic N) is 1. The van der Waals surface area contributed by atoms with E-state index in [9.17, 15) is 4.79 Å². The van der Waals surface area contributed by atoms with Gasteiger partial charge in [0, 0.05) is 6.20 Å². The van der Waals surface area contributed by atoms with E-state index in [1.807, 2.05) is 12.1 Å². The third-order valence-electron chi connectivity index (χ3n) is 3.62. The van der Waals surface area contributed by atoms with Gasteiger partial charge in [0.1, 0.15) is 10.8 Å². The van der Waals surface area contributed by atoms with Crippen molar-refractivity contribution in [2.45, 2.75) is 25.7 Å². The number of aromatic carboxylic acids is 1. The highest BCUT2D eigenvalue weighted by Gasteiger charge is 2.16. The zero-order valence-electron chi connectivity index (χ0n) is 11.3. The first-order valence-corrected chi connectivity index (χ1v) is 7.20. The molecule has 0 atom stereocenters. The Morgan fingerprint density at radius 1 is 1.19 bits per heavy atom. The Balaban J connectivity index is 1.90. The van der Waals surface area contributed by atoms with Gasteiger partial charge in [-0.15, -0.1) is 0 Å². The summed E-state index contributed by atoms with van der Waals surface area (Å²) in [5.41, 5.74) is 2.62. The minimum Gasteiger partial charge on any atom is -0.478 e. The van der Waals surface area contributed by atoms with Gasteiger partial charge in [0.15, 0.2) is 0 Å². The average molecular weight is 304 g/mol. The summed E-state index contributed by atoms with van der Waals surface area (Å²) in [6.45, 7) is 0. The average Bonchev–Trinajstić information content (AvgIpc) is 2.49. The molecule has 1 heterocycles. The van der Waals surface area contributed by atoms with Crippen LogP contribution < -0.4 is 4.74 Å². The number of fused-ring (bicyclic) bond motifs is 1. The van der Waals surface area contributed by atoms with Crippen LogP contribution >= 0.6 is 11.6 Å². The molecule has 1 aromatic carbocycles. The summed E-state index contributed by atoms with van der Waals surface area (Å²) >= 11 is 6.03. The SMILES string of the molecule is O=C(O)c1ccnc(Oc2ccc3c(c2)CCCC3)c1Cl. The molecule has 0 fully saturated rings. The third kappa shape index (κ3) is 2.85. The number of carboxylic acids is 1. The molecule has 0 saturated heterocycles. The van der Waals surface area contributed by atoms with Crippen LogP contribution in [0, 0.1) is 0 Å². The van der Waals surface area contributed by atoms with Crippen molar-refractivity contribution in [2.75, 3.05) is 0 Å². The van der Waals surface area contributed by atoms with Gasteiger partial charge in [0.2, 0.25) is 5.88 Å². The summed E-state index contributed by atoms with van der Waals surface area (Å²) in [5, 5.41) is 9.06. The second-order valence-electron chi connectivity index (χ2n) is 5.02. The highest BCUT2D eigenvalue weighted by atomic mass is 35.5. The number of hydrogen-bond acceptors (Lipinski definition) is 3. The molecule has 0 saturated carbocycles. The maximum Gasteiger partial charge on any atom is 0.337 e. The van der Waals surface area contributed by atoms with Crippen molar-refractivity contribution in [2.24, 2.45) is 0 Å². The maximum absolute atomic E-state index is 11.1. The molecule has 108 valence electrons. The van der Waals surface area contributed by atoms with E-state index >= 15 is 0 Å². The van der Waals surface area contributed by atoms with Crippen LogP contribution in [0.3, 0.4) is 0 Å². The summed E-state index contributed by atoms with van der Waals surface area (Å²) in [6.07, 6.45) is 5.93. The number of benzene rings is 1. The zero-order chi connectivity index (χ0) is 14.8. The number of halogens is 1. The Morgan fingerprint density at radius 3 is 2.71 bits per heavy atom. The van der Waals surface area contributed by atoms with Crippen molar-refractivity contribution < 1.29 is 14.6 Å². The number of hydrogen-bond donors (Lipinski definition) is 1. The van der Waals surface area contributed by atoms with Gasteiger partial charge >= 0.3 is 5.97 Å². The lowest BCUT2D eigenvalue weighted by molar-refractivity contribution is 0.0696. The van der Waals surface area contributed by atoms with Crippen molar-refractivity contribution in [1.82, 2.24) is 4.98 Å². The van der Waals surface area contributed by atoms with Crippen LogP contribution in [0.5, 0.6) is 11.6 Å². The largest absolute Gasteiger partial charge is 0.478 e. The molecule has 0 bridgehead atoms. The van der Waals surface area contributed by atoms with Crippen molar-refractivity contribution in [3.05, 3.63) is 52.2 Å². The van der Waals surface area contributed by atoms with Crippen LogP contribution in [0.25, 0.3) is 0 Å². The number of ether oxygens (including phenoxy) is 1. The lowest BCUT2D eigenvalue weighted by Crippen LogP contribution is -2.03. The second-order valence-corrected chi connectivity index (χ2v) is 5.40. The van der Waals surface area contributed by atoms with Gasteiger partial charge in [-0.1, -0.05) is 17.7 Å². The van der Waals surface area contributed by atoms with Crippen molar-refractivity contribution in [3.63, 3.8) is 0 Å². The Kier molecular flexibility index (Phi) is 3.80. The molecule has 0 aliphatic heterocycles. The first-order valence-electron chi connectivity index (χ1n) is 6.82. The fraction of sp³-hybridized carbons (Fsp3) is 0.250. The molecule has 0 unspecified atom stereocenters. The Morgan fingerprint density at radius 2 is 1.95 bits per heavy atom. The van der Waals surface area contributed by atoms with Crippen molar-refractivity contribution in [1.29, 1.82) is 0 Å². The lowest BCUT2D eigenvalue weighted by atomic mass is 9.92. The summed E-state index contributed by atoms with van der Waals surface area (Å²) in [4.78, 5) is 15.1. The molecule has 0 radical (unpaired) electrons. The molecule has 1 aliphatic rings. The maximum atomic E-state index is 11.1. The summed E-state index contributed by atoms with van der Waals surface area (Å²) in [5.74, 6) is -0.349. The van der Waals surface area contributed by atoms with E-state index in [0.29, 0.717) is 5.75 Å². The highest BCUT2D eigenvalue weighted by molar-refractivity contribution is 6.34. The molecule has 0 amide bonds. The monoisotopic (exact) mass is 303 g/mol. The number of carboxylic acid groups (broad SMARTS) is 1. The Hall–Kier alpha value is -2.07. The van der Waals surface area contributed by atoms with Crippen LogP contribution in [-0.2, 0) is 12.8 Å². The molecule has 2 aromatic rings. The fourth-order valence-electron chi connectivity index (χ4n) is 2.55. The standard InChI is InChI=1S/C16H14ClNO3/c17-14-13(16(19)20)7-8-18-15(14)21-12-6-5-10-3-1-2-4-11(10)9-12/h5-9H,1-4H2,(H,19,20). The minimum absolute atomic E-state index is 0.0142. The number of carbonyl (C=O) groups is 1. The van der Waals surface area contributed by atoms with Gasteiger partial charge in [-0.25, -0.2) is 9.78 Å². The van der Waals surface area contributed by atoms with Crippen molar-refractivity contribution in [3.8, 4) is 11.6 Å². The number of aromatic nitrogens is 1. The summed E-state index contributed by atoms with van der Waals surface area (Å²) < 4.78 is 5.66. The van der Waals surface area contributed by atoms with Gasteiger partial charge in [-0.3, -0.25) is 0 Å². The highest BCUT2D eigenvalue weighted by Crippen LogP contribution is 2.32. The van der Waals surface area contributed by atoms with E-state index in [2.05, 4.69) is 11.1 Å². The molecule has 0 spiro atoms. The van der Waals surface area contributed by atoms with E-state index in [4.69, 9.17) is 21.4 Å². The van der Waals surface area contributed by atoms with Gasteiger partial charge in [0.05, 0.1) is 5.56 Å². The summed E-state index contributed by atoms with van der Waals surface area (Å²) in [7, 11) is 0. The Labute approximate surface area is 127 Å². The van der Waals surface area contributed by atoms with E-state index in [1.165, 1.54) is 36.2 Å². The normalized spacial score (nSPS) is 13.6. The first-order chi connectivity index (χ1) is 10.1. The van der Waals surface area contributed by atoms with E-state index in [-0.39, 0.29) is 16.5 Å².